The highest BCUT2D eigenvalue weighted by Crippen LogP contribution is 2.48. The number of rotatable bonds is 12. The Morgan fingerprint density at radius 2 is 1.62 bits per heavy atom. The molecule has 5 nitrogen and oxygen atoms in total. The van der Waals surface area contributed by atoms with Gasteiger partial charge in [-0.2, -0.15) is 0 Å². The molecule has 2 aliphatic carbocycles. The molecule has 0 spiro atoms. The minimum Gasteiger partial charge on any atom is -0.494 e. The van der Waals surface area contributed by atoms with Crippen LogP contribution in [0.4, 0.5) is 0 Å². The molecule has 0 heterocycles. The van der Waals surface area contributed by atoms with E-state index in [4.69, 9.17) is 9.47 Å². The molecular formula is C34H40O5S. The highest BCUT2D eigenvalue weighted by Gasteiger charge is 2.45. The van der Waals surface area contributed by atoms with Crippen molar-refractivity contribution < 1.29 is 22.7 Å². The Morgan fingerprint density at radius 1 is 0.875 bits per heavy atom. The molecule has 1 saturated carbocycles. The van der Waals surface area contributed by atoms with E-state index in [1.54, 1.807) is 6.92 Å². The van der Waals surface area contributed by atoms with Gasteiger partial charge in [-0.25, -0.2) is 8.42 Å². The van der Waals surface area contributed by atoms with Gasteiger partial charge in [-0.15, -0.1) is 0 Å². The molecule has 6 heteroatoms. The fourth-order valence-corrected chi connectivity index (χ4v) is 6.60. The number of benzene rings is 3. The molecule has 0 radical (unpaired) electrons. The summed E-state index contributed by atoms with van der Waals surface area (Å²) in [5, 5.41) is 0. The average molecular weight is 561 g/mol. The lowest BCUT2D eigenvalue weighted by molar-refractivity contribution is -0.144. The average Bonchev–Trinajstić information content (AvgIpc) is 3.78. The van der Waals surface area contributed by atoms with Gasteiger partial charge in [-0.3, -0.25) is 4.79 Å². The molecule has 0 aromatic heterocycles. The highest BCUT2D eigenvalue weighted by molar-refractivity contribution is 7.91. The first-order chi connectivity index (χ1) is 19.4. The Labute approximate surface area is 238 Å². The Bertz CT molecular complexity index is 1440. The smallest absolute Gasteiger partial charge is 0.309 e. The third-order valence-corrected chi connectivity index (χ3v) is 10.0. The Hall–Kier alpha value is -3.12. The normalized spacial score (nSPS) is 17.9. The summed E-state index contributed by atoms with van der Waals surface area (Å²) in [5.41, 5.74) is 9.16. The molecular weight excluding hydrogens is 520 g/mol. The largest absolute Gasteiger partial charge is 0.494 e. The summed E-state index contributed by atoms with van der Waals surface area (Å²) in [6.45, 7) is 4.39. The molecule has 0 amide bonds. The van der Waals surface area contributed by atoms with Crippen LogP contribution in [-0.4, -0.2) is 39.1 Å². The number of sulfone groups is 1. The van der Waals surface area contributed by atoms with Crippen molar-refractivity contribution in [1.29, 1.82) is 0 Å². The van der Waals surface area contributed by atoms with Crippen molar-refractivity contribution in [3.8, 4) is 16.9 Å². The lowest BCUT2D eigenvalue weighted by atomic mass is 9.93. The van der Waals surface area contributed by atoms with E-state index in [9.17, 15) is 13.2 Å². The van der Waals surface area contributed by atoms with Crippen molar-refractivity contribution in [1.82, 2.24) is 0 Å². The molecule has 1 fully saturated rings. The van der Waals surface area contributed by atoms with Crippen LogP contribution in [0.2, 0.25) is 0 Å². The van der Waals surface area contributed by atoms with Gasteiger partial charge in [0, 0.05) is 5.75 Å². The number of aryl methyl sites for hydroxylation is 4. The highest BCUT2D eigenvalue weighted by atomic mass is 32.2. The van der Waals surface area contributed by atoms with Gasteiger partial charge in [0.25, 0.3) is 0 Å². The van der Waals surface area contributed by atoms with E-state index in [2.05, 4.69) is 54.6 Å². The maximum atomic E-state index is 12.0. The van der Waals surface area contributed by atoms with E-state index < -0.39 is 9.84 Å². The van der Waals surface area contributed by atoms with Crippen LogP contribution in [0.25, 0.3) is 11.1 Å². The Balaban J connectivity index is 1.21. The number of ether oxygens (including phenoxy) is 2. The third-order valence-electron chi connectivity index (χ3n) is 8.23. The number of fused-ring (bicyclic) bond motifs is 3. The summed E-state index contributed by atoms with van der Waals surface area (Å²) in [5.74, 6) is 1.44. The molecule has 2 atom stereocenters. The zero-order valence-electron chi connectivity index (χ0n) is 23.7. The fourth-order valence-electron chi connectivity index (χ4n) is 5.75. The van der Waals surface area contributed by atoms with E-state index in [0.29, 0.717) is 25.6 Å². The summed E-state index contributed by atoms with van der Waals surface area (Å²) < 4.78 is 34.6. The number of esters is 1. The molecule has 40 heavy (non-hydrogen) atoms. The van der Waals surface area contributed by atoms with Crippen molar-refractivity contribution in [2.75, 3.05) is 24.7 Å². The maximum Gasteiger partial charge on any atom is 0.309 e. The zero-order valence-corrected chi connectivity index (χ0v) is 24.5. The van der Waals surface area contributed by atoms with E-state index in [-0.39, 0.29) is 23.4 Å². The van der Waals surface area contributed by atoms with Crippen molar-refractivity contribution in [3.05, 3.63) is 88.5 Å². The SMILES string of the molecule is CCOC(=O)[C@H]1C[C@@H]1c1ccc(CCc2ccc3c(c2)-c2ccc(OCCCS(=O)(=O)CC)cc2CCC3)cc1. The summed E-state index contributed by atoms with van der Waals surface area (Å²) >= 11 is 0. The van der Waals surface area contributed by atoms with Crippen LogP contribution in [0.5, 0.6) is 5.75 Å². The predicted octanol–water partition coefficient (Wildman–Crippen LogP) is 6.50. The van der Waals surface area contributed by atoms with Crippen molar-refractivity contribution >= 4 is 15.8 Å². The molecule has 0 aliphatic heterocycles. The third kappa shape index (κ3) is 6.95. The van der Waals surface area contributed by atoms with Gasteiger partial charge in [-0.05, 0) is 109 Å². The maximum absolute atomic E-state index is 12.0. The summed E-state index contributed by atoms with van der Waals surface area (Å²) in [6.07, 6.45) is 6.51. The first-order valence-corrected chi connectivity index (χ1v) is 16.5. The number of hydrogen-bond donors (Lipinski definition) is 0. The first-order valence-electron chi connectivity index (χ1n) is 14.7. The van der Waals surface area contributed by atoms with Crippen LogP contribution in [0.3, 0.4) is 0 Å². The number of hydrogen-bond acceptors (Lipinski definition) is 5. The zero-order chi connectivity index (χ0) is 28.1. The molecule has 5 rings (SSSR count). The van der Waals surface area contributed by atoms with Crippen LogP contribution < -0.4 is 4.74 Å². The van der Waals surface area contributed by atoms with Crippen molar-refractivity contribution in [2.45, 2.75) is 64.7 Å². The predicted molar refractivity (Wildman–Crippen MR) is 160 cm³/mol. The van der Waals surface area contributed by atoms with Crippen LogP contribution in [0.15, 0.2) is 60.7 Å². The van der Waals surface area contributed by atoms with Crippen LogP contribution in [0, 0.1) is 5.92 Å². The Morgan fingerprint density at radius 3 is 2.40 bits per heavy atom. The van der Waals surface area contributed by atoms with E-state index in [1.165, 1.54) is 38.9 Å². The fraction of sp³-hybridized carbons (Fsp3) is 0.441. The van der Waals surface area contributed by atoms with Gasteiger partial charge < -0.3 is 9.47 Å². The lowest BCUT2D eigenvalue weighted by Crippen LogP contribution is -2.11. The molecule has 0 bridgehead atoms. The molecule has 0 N–H and O–H groups in total. The van der Waals surface area contributed by atoms with E-state index >= 15 is 0 Å². The second-order valence-corrected chi connectivity index (χ2v) is 13.5. The molecule has 3 aromatic carbocycles. The molecule has 212 valence electrons. The minimum atomic E-state index is -2.96. The summed E-state index contributed by atoms with van der Waals surface area (Å²) in [7, 11) is -2.96. The lowest BCUT2D eigenvalue weighted by Gasteiger charge is -2.14. The second kappa shape index (κ2) is 12.6. The van der Waals surface area contributed by atoms with Gasteiger partial charge in [0.1, 0.15) is 15.6 Å². The van der Waals surface area contributed by atoms with Gasteiger partial charge in [0.2, 0.25) is 0 Å². The topological polar surface area (TPSA) is 69.7 Å². The molecule has 0 saturated heterocycles. The van der Waals surface area contributed by atoms with E-state index in [0.717, 1.165) is 44.3 Å². The summed E-state index contributed by atoms with van der Waals surface area (Å²) in [6, 6.07) is 22.0. The molecule has 0 unspecified atom stereocenters. The first kappa shape index (κ1) is 28.4. The van der Waals surface area contributed by atoms with Gasteiger partial charge in [0.05, 0.1) is 24.9 Å². The van der Waals surface area contributed by atoms with E-state index in [1.807, 2.05) is 13.0 Å². The monoisotopic (exact) mass is 560 g/mol. The van der Waals surface area contributed by atoms with Crippen molar-refractivity contribution in [2.24, 2.45) is 5.92 Å². The van der Waals surface area contributed by atoms with Crippen LogP contribution in [-0.2, 0) is 45.1 Å². The number of carbonyl (C=O) groups is 1. The standard InChI is InChI=1S/C34H40O5S/c1-3-38-34(35)33-23-32(33)27-14-11-24(12-15-27)9-10-25-13-16-26-7-5-8-28-22-29(17-18-30(28)31(26)21-25)39-19-6-20-40(36,37)4-2/h11-18,21-22,32-33H,3-10,19-20,23H2,1-2H3/t32-,33+/m1/s1. The molecule has 2 aliphatic rings. The van der Waals surface area contributed by atoms with Crippen LogP contribution in [0.1, 0.15) is 66.8 Å². The summed E-state index contributed by atoms with van der Waals surface area (Å²) in [4.78, 5) is 12.0. The minimum absolute atomic E-state index is 0.0283. The quantitative estimate of drug-likeness (QED) is 0.187. The Kier molecular flexibility index (Phi) is 8.94. The van der Waals surface area contributed by atoms with Crippen molar-refractivity contribution in [3.63, 3.8) is 0 Å². The van der Waals surface area contributed by atoms with Crippen LogP contribution >= 0.6 is 0 Å². The number of carbonyl (C=O) groups excluding carboxylic acids is 1. The second-order valence-electron chi connectivity index (χ2n) is 11.0. The van der Waals surface area contributed by atoms with Gasteiger partial charge in [0.15, 0.2) is 0 Å². The molecule has 3 aromatic rings. The van der Waals surface area contributed by atoms with Gasteiger partial charge in [-0.1, -0.05) is 55.5 Å². The van der Waals surface area contributed by atoms with Gasteiger partial charge >= 0.3 is 5.97 Å².